The molecule has 0 saturated carbocycles. The van der Waals surface area contributed by atoms with Gasteiger partial charge in [0.2, 0.25) is 5.91 Å². The lowest BCUT2D eigenvalue weighted by atomic mass is 10.1. The van der Waals surface area contributed by atoms with E-state index in [1.807, 2.05) is 24.3 Å². The van der Waals surface area contributed by atoms with Gasteiger partial charge in [0.15, 0.2) is 0 Å². The van der Waals surface area contributed by atoms with Crippen molar-refractivity contribution >= 4 is 34.3 Å². The van der Waals surface area contributed by atoms with E-state index in [0.717, 1.165) is 42.0 Å². The van der Waals surface area contributed by atoms with Crippen LogP contribution >= 0.6 is 0 Å². The molecule has 2 heterocycles. The normalized spacial score (nSPS) is 13.3. The lowest BCUT2D eigenvalue weighted by molar-refractivity contribution is -0.116. The highest BCUT2D eigenvalue weighted by Crippen LogP contribution is 2.23. The lowest BCUT2D eigenvalue weighted by Gasteiger charge is -2.18. The summed E-state index contributed by atoms with van der Waals surface area (Å²) in [6.07, 6.45) is 2.12. The number of hydrogen-bond donors (Lipinski definition) is 1. The first-order valence-electron chi connectivity index (χ1n) is 11.1. The predicted molar refractivity (Wildman–Crippen MR) is 125 cm³/mol. The maximum Gasteiger partial charge on any atom is 0.261 e. The maximum absolute atomic E-state index is 12.5. The van der Waals surface area contributed by atoms with Crippen LogP contribution in [0.1, 0.15) is 41.0 Å². The molecule has 0 bridgehead atoms. The van der Waals surface area contributed by atoms with E-state index in [9.17, 15) is 14.4 Å². The monoisotopic (exact) mass is 432 g/mol. The Kier molecular flexibility index (Phi) is 6.37. The van der Waals surface area contributed by atoms with Gasteiger partial charge in [-0.3, -0.25) is 19.3 Å². The highest BCUT2D eigenvalue weighted by Gasteiger charge is 2.34. The molecule has 4 rings (SSSR count). The number of benzene rings is 2. The molecule has 3 amide bonds. The third-order valence-electron chi connectivity index (χ3n) is 6.05. The number of anilines is 1. The Bertz CT molecular complexity index is 1130. The topological polar surface area (TPSA) is 74.7 Å². The van der Waals surface area contributed by atoms with E-state index < -0.39 is 0 Å². The van der Waals surface area contributed by atoms with E-state index >= 15 is 0 Å². The average Bonchev–Trinajstić information content (AvgIpc) is 3.31. The van der Waals surface area contributed by atoms with Gasteiger partial charge in [0.25, 0.3) is 11.8 Å². The minimum Gasteiger partial charge on any atom is -0.346 e. The summed E-state index contributed by atoms with van der Waals surface area (Å²) in [7, 11) is 0. The molecule has 3 aromatic rings. The summed E-state index contributed by atoms with van der Waals surface area (Å²) in [5, 5.41) is 3.94. The number of carbonyl (C=O) groups is 3. The van der Waals surface area contributed by atoms with Crippen molar-refractivity contribution in [1.29, 1.82) is 0 Å². The van der Waals surface area contributed by atoms with Gasteiger partial charge in [-0.05, 0) is 49.5 Å². The number of imide groups is 1. The van der Waals surface area contributed by atoms with Gasteiger partial charge in [0.05, 0.1) is 11.1 Å². The molecule has 32 heavy (non-hydrogen) atoms. The van der Waals surface area contributed by atoms with Crippen LogP contribution in [0.3, 0.4) is 0 Å². The maximum atomic E-state index is 12.5. The highest BCUT2D eigenvalue weighted by molar-refractivity contribution is 6.21. The highest BCUT2D eigenvalue weighted by atomic mass is 16.2. The zero-order valence-electron chi connectivity index (χ0n) is 18.5. The Morgan fingerprint density at radius 1 is 0.938 bits per heavy atom. The largest absolute Gasteiger partial charge is 0.346 e. The molecule has 7 nitrogen and oxygen atoms in total. The van der Waals surface area contributed by atoms with Crippen LogP contribution in [-0.4, -0.2) is 58.3 Å². The fourth-order valence-electron chi connectivity index (χ4n) is 4.14. The Labute approximate surface area is 187 Å². The number of carbonyl (C=O) groups excluding carboxylic acids is 3. The summed E-state index contributed by atoms with van der Waals surface area (Å²) in [5.74, 6) is -0.918. The zero-order chi connectivity index (χ0) is 22.7. The molecule has 0 saturated heterocycles. The zero-order valence-corrected chi connectivity index (χ0v) is 18.5. The minimum absolute atomic E-state index is 0.0500. The SMILES string of the molecule is CCN(CC)CCn1ccc2cc(NC(=O)CCN3C(=O)c4ccccc4C3=O)ccc21. The average molecular weight is 433 g/mol. The molecule has 0 radical (unpaired) electrons. The number of hydrogen-bond acceptors (Lipinski definition) is 4. The number of rotatable bonds is 9. The van der Waals surface area contributed by atoms with Crippen LogP contribution in [0.4, 0.5) is 5.69 Å². The van der Waals surface area contributed by atoms with Crippen molar-refractivity contribution in [2.45, 2.75) is 26.8 Å². The second-order valence-corrected chi connectivity index (χ2v) is 7.92. The molecule has 0 atom stereocenters. The first-order valence-corrected chi connectivity index (χ1v) is 11.1. The van der Waals surface area contributed by atoms with Gasteiger partial charge in [-0.1, -0.05) is 26.0 Å². The molecule has 7 heteroatoms. The van der Waals surface area contributed by atoms with Gasteiger partial charge in [-0.25, -0.2) is 0 Å². The molecule has 1 aliphatic heterocycles. The molecule has 1 N–H and O–H groups in total. The van der Waals surface area contributed by atoms with Crippen LogP contribution in [0.15, 0.2) is 54.7 Å². The number of nitrogens with one attached hydrogen (secondary N) is 1. The summed E-state index contributed by atoms with van der Waals surface area (Å²) in [4.78, 5) is 40.9. The number of aromatic nitrogens is 1. The summed E-state index contributed by atoms with van der Waals surface area (Å²) in [6.45, 7) is 8.37. The summed E-state index contributed by atoms with van der Waals surface area (Å²) >= 11 is 0. The third-order valence-corrected chi connectivity index (χ3v) is 6.05. The molecule has 1 aliphatic rings. The number of amides is 3. The Morgan fingerprint density at radius 3 is 2.28 bits per heavy atom. The van der Waals surface area contributed by atoms with Gasteiger partial charge in [0.1, 0.15) is 0 Å². The van der Waals surface area contributed by atoms with Crippen molar-refractivity contribution in [3.8, 4) is 0 Å². The van der Waals surface area contributed by atoms with Gasteiger partial charge in [-0.15, -0.1) is 0 Å². The van der Waals surface area contributed by atoms with E-state index in [2.05, 4.69) is 34.8 Å². The molecular formula is C25H28N4O3. The fraction of sp³-hybridized carbons (Fsp3) is 0.320. The van der Waals surface area contributed by atoms with E-state index in [4.69, 9.17) is 0 Å². The molecular weight excluding hydrogens is 404 g/mol. The molecule has 0 unspecified atom stereocenters. The van der Waals surface area contributed by atoms with Crippen molar-refractivity contribution in [3.63, 3.8) is 0 Å². The van der Waals surface area contributed by atoms with Crippen LogP contribution in [0.2, 0.25) is 0 Å². The second kappa shape index (κ2) is 9.36. The molecule has 166 valence electrons. The van der Waals surface area contributed by atoms with Crippen molar-refractivity contribution in [1.82, 2.24) is 14.4 Å². The number of fused-ring (bicyclic) bond motifs is 2. The van der Waals surface area contributed by atoms with Gasteiger partial charge in [-0.2, -0.15) is 0 Å². The predicted octanol–water partition coefficient (Wildman–Crippen LogP) is 3.61. The number of nitrogens with zero attached hydrogens (tertiary/aromatic N) is 3. The standard InChI is InChI=1S/C25H28N4O3/c1-3-27(4-2)15-16-28-13-11-18-17-19(9-10-22(18)28)26-23(30)12-14-29-24(31)20-7-5-6-8-21(20)25(29)32/h5-11,13,17H,3-4,12,14-16H2,1-2H3,(H,26,30). The molecule has 0 fully saturated rings. The van der Waals surface area contributed by atoms with E-state index in [1.54, 1.807) is 24.3 Å². The summed E-state index contributed by atoms with van der Waals surface area (Å²) in [6, 6.07) is 14.6. The Morgan fingerprint density at radius 2 is 1.62 bits per heavy atom. The Balaban J connectivity index is 1.35. The van der Waals surface area contributed by atoms with Crippen LogP contribution in [0, 0.1) is 0 Å². The van der Waals surface area contributed by atoms with Crippen molar-refractivity contribution in [2.75, 3.05) is 31.5 Å². The fourth-order valence-corrected chi connectivity index (χ4v) is 4.14. The number of likely N-dealkylation sites (N-methyl/N-ethyl adjacent to an activating group) is 1. The quantitative estimate of drug-likeness (QED) is 0.524. The van der Waals surface area contributed by atoms with Gasteiger partial charge in [0, 0.05) is 48.8 Å². The van der Waals surface area contributed by atoms with Crippen LogP contribution < -0.4 is 5.32 Å². The van der Waals surface area contributed by atoms with Crippen molar-refractivity contribution in [3.05, 3.63) is 65.9 Å². The van der Waals surface area contributed by atoms with E-state index in [-0.39, 0.29) is 30.7 Å². The van der Waals surface area contributed by atoms with Crippen molar-refractivity contribution < 1.29 is 14.4 Å². The minimum atomic E-state index is -0.342. The molecule has 0 spiro atoms. The summed E-state index contributed by atoms with van der Waals surface area (Å²) in [5.41, 5.74) is 2.62. The smallest absolute Gasteiger partial charge is 0.261 e. The van der Waals surface area contributed by atoms with E-state index in [0.29, 0.717) is 16.8 Å². The first kappa shape index (κ1) is 21.8. The van der Waals surface area contributed by atoms with Crippen LogP contribution in [-0.2, 0) is 11.3 Å². The Hall–Kier alpha value is -3.45. The molecule has 1 aromatic heterocycles. The van der Waals surface area contributed by atoms with Crippen LogP contribution in [0.25, 0.3) is 10.9 Å². The van der Waals surface area contributed by atoms with Crippen LogP contribution in [0.5, 0.6) is 0 Å². The third kappa shape index (κ3) is 4.29. The second-order valence-electron chi connectivity index (χ2n) is 7.92. The van der Waals surface area contributed by atoms with Gasteiger partial charge < -0.3 is 14.8 Å². The summed E-state index contributed by atoms with van der Waals surface area (Å²) < 4.78 is 2.22. The lowest BCUT2D eigenvalue weighted by Crippen LogP contribution is -2.32. The van der Waals surface area contributed by atoms with E-state index in [1.165, 1.54) is 0 Å². The molecule has 2 aromatic carbocycles. The first-order chi connectivity index (χ1) is 15.5. The van der Waals surface area contributed by atoms with Crippen molar-refractivity contribution in [2.24, 2.45) is 0 Å². The molecule has 0 aliphatic carbocycles. The van der Waals surface area contributed by atoms with Gasteiger partial charge >= 0.3 is 0 Å².